The van der Waals surface area contributed by atoms with E-state index in [-0.39, 0.29) is 21.2 Å². The number of nitrogens with one attached hydrogen (secondary N) is 1. The molecule has 2 aromatic carbocycles. The van der Waals surface area contributed by atoms with Crippen LogP contribution in [0.3, 0.4) is 0 Å². The molecule has 0 saturated heterocycles. The number of halogens is 4. The molecule has 0 saturated carbocycles. The van der Waals surface area contributed by atoms with Crippen molar-refractivity contribution in [3.05, 3.63) is 57.6 Å². The van der Waals surface area contributed by atoms with Crippen molar-refractivity contribution in [2.24, 2.45) is 0 Å². The Kier molecular flexibility index (Phi) is 4.93. The highest BCUT2D eigenvalue weighted by atomic mass is 35.5. The lowest BCUT2D eigenvalue weighted by atomic mass is 10.0. The van der Waals surface area contributed by atoms with E-state index < -0.39 is 33.1 Å². The molecule has 1 N–H and O–H groups in total. The minimum atomic E-state index is -3.89. The monoisotopic (exact) mass is 379 g/mol. The molecule has 0 aliphatic rings. The van der Waals surface area contributed by atoms with E-state index in [1.165, 1.54) is 18.2 Å². The molecule has 0 radical (unpaired) electrons. The molecule has 2 rings (SSSR count). The Bertz CT molecular complexity index is 901. The Morgan fingerprint density at radius 3 is 2.26 bits per heavy atom. The van der Waals surface area contributed by atoms with Gasteiger partial charge in [-0.15, -0.1) is 0 Å². The van der Waals surface area contributed by atoms with Crippen molar-refractivity contribution in [2.75, 3.05) is 6.26 Å². The second-order valence-electron chi connectivity index (χ2n) is 4.64. The van der Waals surface area contributed by atoms with Crippen molar-refractivity contribution < 1.29 is 22.0 Å². The van der Waals surface area contributed by atoms with Gasteiger partial charge in [0.15, 0.2) is 0 Å². The summed E-state index contributed by atoms with van der Waals surface area (Å²) in [4.78, 5) is 11.6. The van der Waals surface area contributed by atoms with E-state index in [2.05, 4.69) is 0 Å². The highest BCUT2D eigenvalue weighted by Gasteiger charge is 2.19. The van der Waals surface area contributed by atoms with Gasteiger partial charge in [-0.05, 0) is 29.8 Å². The lowest BCUT2D eigenvalue weighted by Crippen LogP contribution is -2.30. The summed E-state index contributed by atoms with van der Waals surface area (Å²) in [6.45, 7) is 0. The summed E-state index contributed by atoms with van der Waals surface area (Å²) in [5, 5.41) is 0.406. The average molecular weight is 380 g/mol. The zero-order valence-electron chi connectivity index (χ0n) is 11.5. The van der Waals surface area contributed by atoms with Crippen LogP contribution in [0.5, 0.6) is 0 Å². The molecule has 0 bridgehead atoms. The predicted molar refractivity (Wildman–Crippen MR) is 84.1 cm³/mol. The van der Waals surface area contributed by atoms with E-state index in [9.17, 15) is 22.0 Å². The fourth-order valence-electron chi connectivity index (χ4n) is 1.83. The molecule has 0 atom stereocenters. The maximum absolute atomic E-state index is 14.2. The molecule has 0 aliphatic heterocycles. The van der Waals surface area contributed by atoms with Crippen molar-refractivity contribution in [3.63, 3.8) is 0 Å². The molecule has 9 heteroatoms. The van der Waals surface area contributed by atoms with Crippen LogP contribution in [-0.4, -0.2) is 20.6 Å². The molecule has 122 valence electrons. The predicted octanol–water partition coefficient (Wildman–Crippen LogP) is 3.63. The standard InChI is InChI=1S/C14H9Cl2F2NO3S/c1-23(21,22)19-14(20)9-6-12(17)8(5-13(9)18)7-2-3-10(15)11(16)4-7/h2-6H,1H3,(H,19,20). The maximum Gasteiger partial charge on any atom is 0.267 e. The first kappa shape index (κ1) is 17.7. The minimum Gasteiger partial charge on any atom is -0.268 e. The van der Waals surface area contributed by atoms with Gasteiger partial charge in [0, 0.05) is 5.56 Å². The smallest absolute Gasteiger partial charge is 0.267 e. The Morgan fingerprint density at radius 2 is 1.70 bits per heavy atom. The molecule has 4 nitrogen and oxygen atoms in total. The van der Waals surface area contributed by atoms with Crippen molar-refractivity contribution in [3.8, 4) is 11.1 Å². The van der Waals surface area contributed by atoms with E-state index in [1.54, 1.807) is 4.72 Å². The molecule has 0 aromatic heterocycles. The van der Waals surface area contributed by atoms with Crippen molar-refractivity contribution in [1.82, 2.24) is 4.72 Å². The van der Waals surface area contributed by atoms with Crippen LogP contribution < -0.4 is 4.72 Å². The van der Waals surface area contributed by atoms with Crippen LogP contribution in [0.4, 0.5) is 8.78 Å². The number of benzene rings is 2. The molecule has 0 fully saturated rings. The van der Waals surface area contributed by atoms with Gasteiger partial charge < -0.3 is 0 Å². The Labute approximate surface area is 141 Å². The molecule has 0 aliphatic carbocycles. The van der Waals surface area contributed by atoms with Crippen LogP contribution in [0.2, 0.25) is 10.0 Å². The molecule has 0 spiro atoms. The third kappa shape index (κ3) is 4.19. The summed E-state index contributed by atoms with van der Waals surface area (Å²) >= 11 is 11.6. The third-order valence-corrected chi connectivity index (χ3v) is 4.11. The highest BCUT2D eigenvalue weighted by Crippen LogP contribution is 2.31. The number of hydrogen-bond acceptors (Lipinski definition) is 3. The van der Waals surface area contributed by atoms with Gasteiger partial charge in [-0.25, -0.2) is 21.9 Å². The zero-order valence-corrected chi connectivity index (χ0v) is 13.9. The van der Waals surface area contributed by atoms with E-state index in [4.69, 9.17) is 23.2 Å². The number of sulfonamides is 1. The lowest BCUT2D eigenvalue weighted by Gasteiger charge is -2.09. The average Bonchev–Trinajstić information content (AvgIpc) is 2.42. The molecule has 0 heterocycles. The van der Waals surface area contributed by atoms with Gasteiger partial charge in [0.2, 0.25) is 10.0 Å². The summed E-state index contributed by atoms with van der Waals surface area (Å²) in [6.07, 6.45) is 0.725. The summed E-state index contributed by atoms with van der Waals surface area (Å²) in [5.74, 6) is -3.25. The van der Waals surface area contributed by atoms with Gasteiger partial charge in [0.05, 0.1) is 21.9 Å². The summed E-state index contributed by atoms with van der Waals surface area (Å²) < 4.78 is 51.8. The Morgan fingerprint density at radius 1 is 1.04 bits per heavy atom. The lowest BCUT2D eigenvalue weighted by molar-refractivity contribution is 0.0977. The van der Waals surface area contributed by atoms with Crippen LogP contribution in [0.25, 0.3) is 11.1 Å². The van der Waals surface area contributed by atoms with Crippen molar-refractivity contribution in [1.29, 1.82) is 0 Å². The number of amides is 1. The van der Waals surface area contributed by atoms with Crippen molar-refractivity contribution in [2.45, 2.75) is 0 Å². The molecule has 0 unspecified atom stereocenters. The van der Waals surface area contributed by atoms with Gasteiger partial charge in [0.25, 0.3) is 5.91 Å². The molecule has 1 amide bonds. The fourth-order valence-corrected chi connectivity index (χ4v) is 2.57. The first-order valence-corrected chi connectivity index (χ1v) is 8.70. The van der Waals surface area contributed by atoms with E-state index >= 15 is 0 Å². The summed E-state index contributed by atoms with van der Waals surface area (Å²) in [6, 6.07) is 5.60. The Hall–Kier alpha value is -1.70. The van der Waals surface area contributed by atoms with Gasteiger partial charge in [0.1, 0.15) is 11.6 Å². The number of carbonyl (C=O) groups is 1. The summed E-state index contributed by atoms with van der Waals surface area (Å²) in [5.41, 5.74) is -0.612. The Balaban J connectivity index is 2.48. The number of rotatable bonds is 3. The maximum atomic E-state index is 14.2. The normalized spacial score (nSPS) is 11.3. The largest absolute Gasteiger partial charge is 0.268 e. The van der Waals surface area contributed by atoms with Crippen LogP contribution in [0, 0.1) is 11.6 Å². The van der Waals surface area contributed by atoms with Crippen molar-refractivity contribution >= 4 is 39.1 Å². The van der Waals surface area contributed by atoms with Crippen LogP contribution in [-0.2, 0) is 10.0 Å². The van der Waals surface area contributed by atoms with Crippen LogP contribution in [0.15, 0.2) is 30.3 Å². The highest BCUT2D eigenvalue weighted by molar-refractivity contribution is 7.89. The first-order chi connectivity index (χ1) is 10.6. The van der Waals surface area contributed by atoms with Crippen LogP contribution in [0.1, 0.15) is 10.4 Å². The SMILES string of the molecule is CS(=O)(=O)NC(=O)c1cc(F)c(-c2ccc(Cl)c(Cl)c2)cc1F. The summed E-state index contributed by atoms with van der Waals surface area (Å²) in [7, 11) is -3.89. The first-order valence-electron chi connectivity index (χ1n) is 6.05. The van der Waals surface area contributed by atoms with E-state index in [0.29, 0.717) is 6.07 Å². The minimum absolute atomic E-state index is 0.142. The van der Waals surface area contributed by atoms with E-state index in [1.807, 2.05) is 0 Å². The topological polar surface area (TPSA) is 63.2 Å². The second-order valence-corrected chi connectivity index (χ2v) is 7.21. The van der Waals surface area contributed by atoms with Gasteiger partial charge >= 0.3 is 0 Å². The number of carbonyl (C=O) groups excluding carboxylic acids is 1. The fraction of sp³-hybridized carbons (Fsp3) is 0.0714. The van der Waals surface area contributed by atoms with Crippen LogP contribution >= 0.6 is 23.2 Å². The molecular formula is C14H9Cl2F2NO3S. The van der Waals surface area contributed by atoms with E-state index in [0.717, 1.165) is 12.3 Å². The second kappa shape index (κ2) is 6.43. The molecule has 2 aromatic rings. The van der Waals surface area contributed by atoms with Gasteiger partial charge in [-0.3, -0.25) is 4.79 Å². The molecule has 23 heavy (non-hydrogen) atoms. The zero-order chi connectivity index (χ0) is 17.4. The number of hydrogen-bond donors (Lipinski definition) is 1. The third-order valence-electron chi connectivity index (χ3n) is 2.81. The quantitative estimate of drug-likeness (QED) is 0.885. The molecular weight excluding hydrogens is 371 g/mol. The van der Waals surface area contributed by atoms with Gasteiger partial charge in [-0.2, -0.15) is 0 Å². The van der Waals surface area contributed by atoms with Gasteiger partial charge in [-0.1, -0.05) is 29.3 Å².